The number of aromatic nitrogens is 4. The van der Waals surface area contributed by atoms with Crippen LogP contribution in [0.5, 0.6) is 0 Å². The molecule has 12 heteroatoms. The molecule has 38 heavy (non-hydrogen) atoms. The van der Waals surface area contributed by atoms with Gasteiger partial charge in [-0.2, -0.15) is 4.98 Å². The molecule has 2 atom stereocenters. The predicted molar refractivity (Wildman–Crippen MR) is 142 cm³/mol. The summed E-state index contributed by atoms with van der Waals surface area (Å²) in [7, 11) is 0. The number of ether oxygens (including phenoxy) is 3. The highest BCUT2D eigenvalue weighted by molar-refractivity contribution is 6.28. The summed E-state index contributed by atoms with van der Waals surface area (Å²) < 4.78 is 17.5. The maximum atomic E-state index is 11.7. The number of carbonyl (C=O) groups is 2. The topological polar surface area (TPSA) is 152 Å². The Morgan fingerprint density at radius 2 is 2.03 bits per heavy atom. The number of anilines is 1. The highest BCUT2D eigenvalue weighted by Crippen LogP contribution is 2.32. The van der Waals surface area contributed by atoms with Crippen LogP contribution in [0, 0.1) is 12.8 Å². The Bertz CT molecular complexity index is 1190. The van der Waals surface area contributed by atoms with E-state index in [2.05, 4.69) is 39.5 Å². The molecule has 1 unspecified atom stereocenters. The van der Waals surface area contributed by atoms with Gasteiger partial charge in [-0.05, 0) is 43.0 Å². The summed E-state index contributed by atoms with van der Waals surface area (Å²) in [6.45, 7) is 2.45. The molecule has 204 valence electrons. The van der Waals surface area contributed by atoms with Crippen molar-refractivity contribution in [3.63, 3.8) is 0 Å². The molecule has 3 aromatic heterocycles. The van der Waals surface area contributed by atoms with E-state index in [9.17, 15) is 9.59 Å². The molecule has 0 saturated carbocycles. The van der Waals surface area contributed by atoms with E-state index in [0.29, 0.717) is 24.5 Å². The number of pyridine rings is 1. The van der Waals surface area contributed by atoms with Crippen LogP contribution in [-0.2, 0) is 25.6 Å². The molecule has 1 aliphatic heterocycles. The Labute approximate surface area is 226 Å². The maximum Gasteiger partial charge on any atom is 0.506 e. The Hall–Kier alpha value is -3.88. The molecule has 0 amide bonds. The van der Waals surface area contributed by atoms with Crippen LogP contribution >= 0.6 is 11.6 Å². The zero-order chi connectivity index (χ0) is 27.9. The van der Waals surface area contributed by atoms with Gasteiger partial charge in [-0.25, -0.2) is 9.78 Å². The van der Waals surface area contributed by atoms with Crippen LogP contribution in [0.2, 0.25) is 5.28 Å². The highest BCUT2D eigenvalue weighted by Gasteiger charge is 2.29. The third kappa shape index (κ3) is 9.53. The summed E-state index contributed by atoms with van der Waals surface area (Å²) >= 11 is 5.91. The number of nitrogens with two attached hydrogens (primary N) is 1. The highest BCUT2D eigenvalue weighted by atomic mass is 35.5. The van der Waals surface area contributed by atoms with Gasteiger partial charge < -0.3 is 29.6 Å². The van der Waals surface area contributed by atoms with Gasteiger partial charge >= 0.3 is 12.1 Å². The molecular weight excluding hydrogens is 514 g/mol. The first-order chi connectivity index (χ1) is 18.4. The van der Waals surface area contributed by atoms with E-state index < -0.39 is 6.16 Å². The lowest BCUT2D eigenvalue weighted by Crippen LogP contribution is -2.19. The Morgan fingerprint density at radius 3 is 2.71 bits per heavy atom. The molecule has 3 aromatic rings. The van der Waals surface area contributed by atoms with Gasteiger partial charge in [0.1, 0.15) is 30.9 Å². The summed E-state index contributed by atoms with van der Waals surface area (Å²) in [6, 6.07) is 5.32. The maximum absolute atomic E-state index is 11.7. The van der Waals surface area contributed by atoms with Crippen LogP contribution in [0.4, 0.5) is 10.6 Å². The number of hydrogen-bond donors (Lipinski definition) is 2. The van der Waals surface area contributed by atoms with E-state index in [0.717, 1.165) is 43.1 Å². The van der Waals surface area contributed by atoms with Crippen LogP contribution in [0.1, 0.15) is 57.2 Å². The number of nitrogen functional groups attached to an aromatic ring is 1. The minimum Gasteiger partial charge on any atom is -0.463 e. The van der Waals surface area contributed by atoms with Gasteiger partial charge in [-0.3, -0.25) is 9.78 Å². The number of terminal acetylenes is 1. The van der Waals surface area contributed by atoms with Crippen molar-refractivity contribution in [1.29, 1.82) is 0 Å². The number of carboxylic acid groups (broad SMARTS) is 1. The van der Waals surface area contributed by atoms with Gasteiger partial charge in [0, 0.05) is 30.6 Å². The summed E-state index contributed by atoms with van der Waals surface area (Å²) in [5.74, 6) is 0.198. The van der Waals surface area contributed by atoms with Crippen molar-refractivity contribution in [2.45, 2.75) is 64.4 Å². The number of unbranched alkanes of at least 4 members (excludes halogenated alkanes) is 2. The molecule has 0 radical (unpaired) electrons. The van der Waals surface area contributed by atoms with Crippen molar-refractivity contribution in [2.24, 2.45) is 0 Å². The number of carbonyl (C=O) groups excluding carboxylic acids is 1. The average Bonchev–Trinajstić information content (AvgIpc) is 3.56. The molecule has 4 rings (SSSR count). The van der Waals surface area contributed by atoms with Crippen molar-refractivity contribution in [3.05, 3.63) is 47.6 Å². The fourth-order valence-electron chi connectivity index (χ4n) is 3.68. The molecule has 4 heterocycles. The van der Waals surface area contributed by atoms with Gasteiger partial charge in [0.25, 0.3) is 0 Å². The zero-order valence-corrected chi connectivity index (χ0v) is 21.9. The van der Waals surface area contributed by atoms with E-state index in [1.54, 1.807) is 24.5 Å². The predicted octanol–water partition coefficient (Wildman–Crippen LogP) is 4.99. The second kappa shape index (κ2) is 16.1. The van der Waals surface area contributed by atoms with Gasteiger partial charge in [0.05, 0.1) is 11.5 Å². The molecule has 3 N–H and O–H groups in total. The lowest BCUT2D eigenvalue weighted by Gasteiger charge is -2.16. The number of halogens is 1. The largest absolute Gasteiger partial charge is 0.506 e. The third-order valence-electron chi connectivity index (χ3n) is 5.47. The second-order valence-electron chi connectivity index (χ2n) is 8.18. The van der Waals surface area contributed by atoms with Gasteiger partial charge in [-0.15, -0.1) is 12.8 Å². The molecule has 0 bridgehead atoms. The number of hydrogen-bond acceptors (Lipinski definition) is 9. The molecule has 1 fully saturated rings. The number of rotatable bonds is 9. The van der Waals surface area contributed by atoms with E-state index >= 15 is 0 Å². The molecule has 0 spiro atoms. The minimum atomic E-state index is -1.27. The standard InChI is InChI=1S/C17H23ClN4O3.C7H7NO3.C2H2/c1-2-3-4-5-14(23)24-10-11-6-7-13(25-11)22-9-8-12-15(19)20-17(18)21-16(12)22;9-7(10)11-5-6-2-1-3-8-4-6;1-2/h8-9,11,13H,2-7,10H2,1H3,(H2,19,20,21);1-4H,5H2,(H,9,10);1-2H/t11?,13-;;/m1../s1. The van der Waals surface area contributed by atoms with Crippen molar-refractivity contribution < 1.29 is 28.9 Å². The lowest BCUT2D eigenvalue weighted by atomic mass is 10.2. The van der Waals surface area contributed by atoms with Gasteiger partial charge in [-0.1, -0.05) is 25.8 Å². The van der Waals surface area contributed by atoms with Crippen LogP contribution < -0.4 is 5.73 Å². The first-order valence-electron chi connectivity index (χ1n) is 12.1. The van der Waals surface area contributed by atoms with Gasteiger partial charge in [0.15, 0.2) is 0 Å². The molecule has 1 saturated heterocycles. The quantitative estimate of drug-likeness (QED) is 0.163. The van der Waals surface area contributed by atoms with Crippen molar-refractivity contribution in [2.75, 3.05) is 12.3 Å². The fourth-order valence-corrected chi connectivity index (χ4v) is 3.85. The molecule has 0 aliphatic carbocycles. The Morgan fingerprint density at radius 1 is 1.24 bits per heavy atom. The van der Waals surface area contributed by atoms with Crippen LogP contribution in [0.25, 0.3) is 11.0 Å². The number of fused-ring (bicyclic) bond motifs is 1. The van der Waals surface area contributed by atoms with E-state index in [1.807, 2.05) is 16.8 Å². The summed E-state index contributed by atoms with van der Waals surface area (Å²) in [5.41, 5.74) is 7.28. The van der Waals surface area contributed by atoms with E-state index in [4.69, 9.17) is 31.9 Å². The molecular formula is C26H32ClN5O6. The molecule has 11 nitrogen and oxygen atoms in total. The number of esters is 1. The fraction of sp³-hybridized carbons (Fsp3) is 0.423. The number of nitrogens with zero attached hydrogens (tertiary/aromatic N) is 4. The first kappa shape index (κ1) is 30.3. The Balaban J connectivity index is 0.000000327. The summed E-state index contributed by atoms with van der Waals surface area (Å²) in [4.78, 5) is 33.6. The van der Waals surface area contributed by atoms with Crippen LogP contribution in [0.15, 0.2) is 36.8 Å². The minimum absolute atomic E-state index is 0.0587. The van der Waals surface area contributed by atoms with Crippen molar-refractivity contribution in [1.82, 2.24) is 19.5 Å². The third-order valence-corrected chi connectivity index (χ3v) is 5.64. The lowest BCUT2D eigenvalue weighted by molar-refractivity contribution is -0.148. The van der Waals surface area contributed by atoms with Crippen molar-refractivity contribution in [3.8, 4) is 12.8 Å². The van der Waals surface area contributed by atoms with E-state index in [1.165, 1.54) is 0 Å². The average molecular weight is 546 g/mol. The zero-order valence-electron chi connectivity index (χ0n) is 21.2. The van der Waals surface area contributed by atoms with Gasteiger partial charge in [0.2, 0.25) is 5.28 Å². The first-order valence-corrected chi connectivity index (χ1v) is 12.4. The van der Waals surface area contributed by atoms with Crippen LogP contribution in [0.3, 0.4) is 0 Å². The summed E-state index contributed by atoms with van der Waals surface area (Å²) in [6.07, 6.45) is 16.6. The second-order valence-corrected chi connectivity index (χ2v) is 8.52. The SMILES string of the molecule is C#C.CCCCCC(=O)OCC1CC[C@H](n2ccc3c(N)nc(Cl)nc32)O1.O=C(O)OCc1cccnc1. The molecule has 1 aliphatic rings. The smallest absolute Gasteiger partial charge is 0.463 e. The summed E-state index contributed by atoms with van der Waals surface area (Å²) in [5, 5.41) is 8.99. The monoisotopic (exact) mass is 545 g/mol. The van der Waals surface area contributed by atoms with Crippen molar-refractivity contribution >= 4 is 40.6 Å². The van der Waals surface area contributed by atoms with E-state index in [-0.39, 0.29) is 30.2 Å². The van der Waals surface area contributed by atoms with Crippen LogP contribution in [-0.4, -0.2) is 49.5 Å². The Kier molecular flexibility index (Phi) is 12.8. The normalized spacial score (nSPS) is 16.0. The molecule has 0 aromatic carbocycles.